The van der Waals surface area contributed by atoms with Crippen molar-refractivity contribution in [2.45, 2.75) is 70.1 Å². The van der Waals surface area contributed by atoms with Gasteiger partial charge in [-0.15, -0.1) is 0 Å². The summed E-state index contributed by atoms with van der Waals surface area (Å²) < 4.78 is 0. The zero-order valence-electron chi connectivity index (χ0n) is 22.7. The van der Waals surface area contributed by atoms with E-state index in [-0.39, 0.29) is 42.2 Å². The number of phenols is 2. The number of carboxylic acid groups (broad SMARTS) is 1. The predicted molar refractivity (Wildman–Crippen MR) is 148 cm³/mol. The van der Waals surface area contributed by atoms with Gasteiger partial charge in [0.1, 0.15) is 29.6 Å². The standard InChI is InChI=1S/C29H38N4O7/c1-3-17(2)25(33-26(36)22-5-4-14-30-22)28(38)31-23(15-18-6-10-20(34)11-7-18)27(37)32-24(29(39)40)16-19-8-12-21(35)13-9-19/h6-13,17,22-25,30,34-35H,3-5,14-16H2,1-2H3,(H,31,38)(H,32,37)(H,33,36)(H,39,40). The number of aliphatic carboxylic acids is 1. The second kappa shape index (κ2) is 14.3. The van der Waals surface area contributed by atoms with E-state index < -0.39 is 35.9 Å². The van der Waals surface area contributed by atoms with Crippen LogP contribution in [0.15, 0.2) is 48.5 Å². The molecule has 0 radical (unpaired) electrons. The minimum atomic E-state index is -1.30. The third-order valence-electron chi connectivity index (χ3n) is 7.17. The smallest absolute Gasteiger partial charge is 0.326 e. The highest BCUT2D eigenvalue weighted by atomic mass is 16.4. The molecule has 0 saturated carbocycles. The van der Waals surface area contributed by atoms with Crippen molar-refractivity contribution in [1.29, 1.82) is 0 Å². The lowest BCUT2D eigenvalue weighted by Gasteiger charge is -2.28. The maximum atomic E-state index is 13.5. The summed E-state index contributed by atoms with van der Waals surface area (Å²) in [5, 5.41) is 40.1. The first-order valence-electron chi connectivity index (χ1n) is 13.5. The monoisotopic (exact) mass is 554 g/mol. The maximum absolute atomic E-state index is 13.5. The van der Waals surface area contributed by atoms with E-state index in [2.05, 4.69) is 21.3 Å². The van der Waals surface area contributed by atoms with E-state index in [1.165, 1.54) is 24.3 Å². The molecule has 216 valence electrons. The zero-order valence-corrected chi connectivity index (χ0v) is 22.7. The summed E-state index contributed by atoms with van der Waals surface area (Å²) in [7, 11) is 0. The summed E-state index contributed by atoms with van der Waals surface area (Å²) in [5.74, 6) is -2.97. The Balaban J connectivity index is 1.80. The summed E-state index contributed by atoms with van der Waals surface area (Å²) in [6.07, 6.45) is 2.11. The molecule has 3 rings (SSSR count). The van der Waals surface area contributed by atoms with Crippen LogP contribution in [0.2, 0.25) is 0 Å². The zero-order chi connectivity index (χ0) is 29.2. The van der Waals surface area contributed by atoms with Crippen LogP contribution >= 0.6 is 0 Å². The van der Waals surface area contributed by atoms with Crippen LogP contribution in [0, 0.1) is 5.92 Å². The molecule has 0 bridgehead atoms. The van der Waals surface area contributed by atoms with Gasteiger partial charge in [-0.25, -0.2) is 4.79 Å². The predicted octanol–water partition coefficient (Wildman–Crippen LogP) is 1.22. The molecule has 3 amide bonds. The molecule has 0 spiro atoms. The van der Waals surface area contributed by atoms with Crippen molar-refractivity contribution in [2.24, 2.45) is 5.92 Å². The van der Waals surface area contributed by atoms with Gasteiger partial charge in [0.05, 0.1) is 6.04 Å². The summed E-state index contributed by atoms with van der Waals surface area (Å²) in [4.78, 5) is 51.7. The van der Waals surface area contributed by atoms with Crippen LogP contribution in [0.25, 0.3) is 0 Å². The summed E-state index contributed by atoms with van der Waals surface area (Å²) >= 11 is 0. The fourth-order valence-electron chi connectivity index (χ4n) is 4.54. The van der Waals surface area contributed by atoms with Crippen molar-refractivity contribution in [1.82, 2.24) is 21.3 Å². The summed E-state index contributed by atoms with van der Waals surface area (Å²) in [5.41, 5.74) is 1.22. The van der Waals surface area contributed by atoms with E-state index in [1.54, 1.807) is 24.3 Å². The molecule has 1 saturated heterocycles. The number of phenolic OH excluding ortho intramolecular Hbond substituents is 2. The minimum Gasteiger partial charge on any atom is -0.508 e. The van der Waals surface area contributed by atoms with Crippen molar-refractivity contribution >= 4 is 23.7 Å². The van der Waals surface area contributed by atoms with E-state index in [1.807, 2.05) is 13.8 Å². The average Bonchev–Trinajstić information content (AvgIpc) is 3.48. The third-order valence-corrected chi connectivity index (χ3v) is 7.17. The van der Waals surface area contributed by atoms with Gasteiger partial charge in [0, 0.05) is 12.8 Å². The molecule has 5 atom stereocenters. The van der Waals surface area contributed by atoms with Gasteiger partial charge in [0.15, 0.2) is 0 Å². The molecule has 11 nitrogen and oxygen atoms in total. The number of aromatic hydroxyl groups is 2. The molecule has 5 unspecified atom stereocenters. The van der Waals surface area contributed by atoms with Crippen molar-refractivity contribution in [3.05, 3.63) is 59.7 Å². The Hall–Kier alpha value is -4.12. The largest absolute Gasteiger partial charge is 0.508 e. The Kier molecular flexibility index (Phi) is 10.9. The molecule has 40 heavy (non-hydrogen) atoms. The SMILES string of the molecule is CCC(C)C(NC(=O)C1CCCN1)C(=O)NC(Cc1ccc(O)cc1)C(=O)NC(Cc1ccc(O)cc1)C(=O)O. The molecule has 1 heterocycles. The van der Waals surface area contributed by atoms with Crippen molar-refractivity contribution < 1.29 is 34.5 Å². The van der Waals surface area contributed by atoms with E-state index in [4.69, 9.17) is 0 Å². The molecule has 1 fully saturated rings. The number of carbonyl (C=O) groups is 4. The number of hydrogen-bond donors (Lipinski definition) is 7. The molecular weight excluding hydrogens is 516 g/mol. The van der Waals surface area contributed by atoms with Crippen molar-refractivity contribution in [2.75, 3.05) is 6.54 Å². The van der Waals surface area contributed by atoms with Crippen LogP contribution in [0.5, 0.6) is 11.5 Å². The van der Waals surface area contributed by atoms with E-state index in [0.29, 0.717) is 24.0 Å². The average molecular weight is 555 g/mol. The van der Waals surface area contributed by atoms with Crippen LogP contribution in [-0.2, 0) is 32.0 Å². The fraction of sp³-hybridized carbons (Fsp3) is 0.448. The number of rotatable bonds is 13. The summed E-state index contributed by atoms with van der Waals surface area (Å²) in [6, 6.07) is 8.34. The van der Waals surface area contributed by atoms with Crippen molar-refractivity contribution in [3.63, 3.8) is 0 Å². The number of hydrogen-bond acceptors (Lipinski definition) is 7. The van der Waals surface area contributed by atoms with E-state index >= 15 is 0 Å². The lowest BCUT2D eigenvalue weighted by atomic mass is 9.96. The van der Waals surface area contributed by atoms with Gasteiger partial charge in [0.2, 0.25) is 17.7 Å². The Labute approximate surface area is 233 Å². The van der Waals surface area contributed by atoms with E-state index in [0.717, 1.165) is 13.0 Å². The molecule has 2 aromatic rings. The van der Waals surface area contributed by atoms with Gasteiger partial charge in [-0.1, -0.05) is 44.5 Å². The number of carbonyl (C=O) groups excluding carboxylic acids is 3. The van der Waals surface area contributed by atoms with Gasteiger partial charge >= 0.3 is 5.97 Å². The molecule has 1 aliphatic heterocycles. The number of carboxylic acids is 1. The van der Waals surface area contributed by atoms with Crippen LogP contribution in [0.1, 0.15) is 44.2 Å². The summed E-state index contributed by atoms with van der Waals surface area (Å²) in [6.45, 7) is 4.45. The minimum absolute atomic E-state index is 0.0226. The fourth-order valence-corrected chi connectivity index (χ4v) is 4.54. The molecular formula is C29H38N4O7. The van der Waals surface area contributed by atoms with Gasteiger partial charge < -0.3 is 36.6 Å². The number of nitrogens with one attached hydrogen (secondary N) is 4. The Morgan fingerprint density at radius 1 is 0.850 bits per heavy atom. The second-order valence-electron chi connectivity index (χ2n) is 10.2. The molecule has 11 heteroatoms. The second-order valence-corrected chi connectivity index (χ2v) is 10.2. The van der Waals surface area contributed by atoms with Crippen LogP contribution in [0.4, 0.5) is 0 Å². The molecule has 1 aliphatic rings. The highest BCUT2D eigenvalue weighted by molar-refractivity contribution is 5.94. The maximum Gasteiger partial charge on any atom is 0.326 e. The first-order chi connectivity index (χ1) is 19.1. The lowest BCUT2D eigenvalue weighted by molar-refractivity contribution is -0.142. The topological polar surface area (TPSA) is 177 Å². The lowest BCUT2D eigenvalue weighted by Crippen LogP contribution is -2.59. The normalized spacial score (nSPS) is 17.7. The van der Waals surface area contributed by atoms with Gasteiger partial charge in [-0.3, -0.25) is 14.4 Å². The van der Waals surface area contributed by atoms with Gasteiger partial charge in [-0.05, 0) is 60.7 Å². The number of amides is 3. The Bertz CT molecular complexity index is 1160. The van der Waals surface area contributed by atoms with Crippen LogP contribution in [0.3, 0.4) is 0 Å². The third kappa shape index (κ3) is 8.70. The van der Waals surface area contributed by atoms with E-state index in [9.17, 15) is 34.5 Å². The number of benzene rings is 2. The highest BCUT2D eigenvalue weighted by Gasteiger charge is 2.33. The molecule has 7 N–H and O–H groups in total. The quantitative estimate of drug-likeness (QED) is 0.193. The Morgan fingerprint density at radius 2 is 1.38 bits per heavy atom. The van der Waals surface area contributed by atoms with Crippen LogP contribution < -0.4 is 21.3 Å². The highest BCUT2D eigenvalue weighted by Crippen LogP contribution is 2.15. The van der Waals surface area contributed by atoms with Gasteiger partial charge in [0.25, 0.3) is 0 Å². The first kappa shape index (κ1) is 30.4. The van der Waals surface area contributed by atoms with Gasteiger partial charge in [-0.2, -0.15) is 0 Å². The molecule has 2 aromatic carbocycles. The first-order valence-corrected chi connectivity index (χ1v) is 13.5. The Morgan fingerprint density at radius 3 is 1.85 bits per heavy atom. The molecule has 0 aromatic heterocycles. The molecule has 0 aliphatic carbocycles. The van der Waals surface area contributed by atoms with Crippen LogP contribution in [-0.4, -0.2) is 69.7 Å². The van der Waals surface area contributed by atoms with Crippen molar-refractivity contribution in [3.8, 4) is 11.5 Å².